The lowest BCUT2D eigenvalue weighted by molar-refractivity contribution is -0.142. The number of carboxylic acid groups (broad SMARTS) is 1. The number of likely N-dealkylation sites (tertiary alicyclic amines) is 3. The van der Waals surface area contributed by atoms with Gasteiger partial charge >= 0.3 is 24.1 Å². The summed E-state index contributed by atoms with van der Waals surface area (Å²) >= 11 is 18.2. The summed E-state index contributed by atoms with van der Waals surface area (Å²) in [7, 11) is 0. The number of halogens is 3. The molecule has 3 aromatic rings. The van der Waals surface area contributed by atoms with Crippen molar-refractivity contribution in [3.63, 3.8) is 0 Å². The zero-order valence-corrected chi connectivity index (χ0v) is 77.7. The van der Waals surface area contributed by atoms with Gasteiger partial charge in [-0.2, -0.15) is 0 Å². The Morgan fingerprint density at radius 1 is 0.395 bits per heavy atom. The maximum absolute atomic E-state index is 13.9. The maximum Gasteiger partial charge on any atom is 0.315 e. The van der Waals surface area contributed by atoms with E-state index < -0.39 is 158 Å². The zero-order chi connectivity index (χ0) is 93.4. The molecule has 31 nitrogen and oxygen atoms in total. The van der Waals surface area contributed by atoms with Gasteiger partial charge in [-0.05, 0) is 169 Å². The third kappa shape index (κ3) is 31.6. The second-order valence-electron chi connectivity index (χ2n) is 40.7. The molecule has 124 heavy (non-hydrogen) atoms. The molecule has 3 saturated carbocycles. The number of primary amides is 3. The van der Waals surface area contributed by atoms with E-state index in [-0.39, 0.29) is 80.7 Å². The number of rotatable bonds is 26. The predicted molar refractivity (Wildman–Crippen MR) is 477 cm³/mol. The van der Waals surface area contributed by atoms with Crippen LogP contribution in [0.15, 0.2) is 72.8 Å². The molecule has 6 aliphatic rings. The van der Waals surface area contributed by atoms with Crippen LogP contribution in [0.25, 0.3) is 0 Å². The van der Waals surface area contributed by atoms with Crippen LogP contribution in [-0.2, 0) is 47.9 Å². The first-order chi connectivity index (χ1) is 57.2. The average molecular weight is 1790 g/mol. The van der Waals surface area contributed by atoms with Gasteiger partial charge in [-0.3, -0.25) is 47.9 Å². The zero-order valence-electron chi connectivity index (χ0n) is 75.4. The van der Waals surface area contributed by atoms with Crippen LogP contribution in [-0.4, -0.2) is 211 Å². The van der Waals surface area contributed by atoms with Gasteiger partial charge in [0.25, 0.3) is 5.91 Å². The largest absolute Gasteiger partial charge is 0.481 e. The quantitative estimate of drug-likeness (QED) is 0.0333. The number of amides is 14. The summed E-state index contributed by atoms with van der Waals surface area (Å²) in [5.74, 6) is -8.18. The molecular weight excluding hydrogens is 1650 g/mol. The average Bonchev–Trinajstić information content (AvgIpc) is 1.65. The Morgan fingerprint density at radius 2 is 0.677 bits per heavy atom. The molecule has 3 heterocycles. The summed E-state index contributed by atoms with van der Waals surface area (Å²) in [4.78, 5) is 170. The summed E-state index contributed by atoms with van der Waals surface area (Å²) in [6.07, 6.45) is 8.34. The number of carbonyl (C=O) groups is 13. The van der Waals surface area contributed by atoms with Crippen molar-refractivity contribution in [2.45, 2.75) is 285 Å². The number of Topliss-reactive ketones (excluding diaryl/α,β-unsaturated/α-hetero) is 1. The molecule has 690 valence electrons. The highest BCUT2D eigenvalue weighted by molar-refractivity contribution is 6.38. The standard InChI is InChI=1S/C30H46ClN5O5.C30H44ClN5O5.C22H32ClN3O4.C8H16N2O2/c2*1-29(2,3)24(34-28(41)35-30(4,5)6)27(40)36-15-20(18-10-12-19(31)13-11-18)21(16-36)26(39)33-22(23(37)25(32)38)14-17-8-7-9-17;1-21(2,3)17(24-20(30)25-22(4,5)6)18(27)26-11-15(16(12-26)19(28)29)13-7-9-14(23)10-8-13;9-6(7(11)8(10)12)4-5-2-1-3-5/h10-13,17,20-24,37H,7-9,14-16H2,1-6H3,(H2,32,38)(H,33,39)(H2,34,35,41);10-13,17,20-22,24H,7-9,14-16H2,1-6H3,(H2,32,38)(H,33,39)(H2,34,35,41);7-10,15-17H,11-12H2,1-6H3,(H,28,29)(H2,24,25,30);5-7,11H,1-4,9H2,(H2,10,12)/t20-,21+,22?,23?,24+;20-,21+,22?,24+;15-,16+,17+;/m000./s1. The van der Waals surface area contributed by atoms with Gasteiger partial charge in [0, 0.05) is 94.7 Å². The Kier molecular flexibility index (Phi) is 36.9. The van der Waals surface area contributed by atoms with Crippen LogP contribution in [0.4, 0.5) is 14.4 Å². The Bertz CT molecular complexity index is 4200. The van der Waals surface area contributed by atoms with Gasteiger partial charge in [-0.1, -0.05) is 191 Å². The molecule has 34 heteroatoms. The van der Waals surface area contributed by atoms with Gasteiger partial charge in [0.15, 0.2) is 6.10 Å². The van der Waals surface area contributed by atoms with E-state index in [0.717, 1.165) is 55.2 Å². The number of carboxylic acids is 1. The van der Waals surface area contributed by atoms with Crippen LogP contribution in [0.5, 0.6) is 0 Å². The Hall–Kier alpha value is -8.88. The van der Waals surface area contributed by atoms with Crippen molar-refractivity contribution in [1.82, 2.24) is 57.2 Å². The van der Waals surface area contributed by atoms with Crippen molar-refractivity contribution in [3.8, 4) is 0 Å². The molecule has 14 atom stereocenters. The van der Waals surface area contributed by atoms with E-state index in [4.69, 9.17) is 62.8 Å². The summed E-state index contributed by atoms with van der Waals surface area (Å²) in [6, 6.07) is 15.1. The molecule has 0 aromatic heterocycles. The van der Waals surface area contributed by atoms with E-state index in [1.807, 2.05) is 149 Å². The molecule has 6 fully saturated rings. The molecule has 3 aliphatic carbocycles. The Balaban J connectivity index is 0.000000271. The SMILES string of the molecule is CC(C)(C)NC(=O)N[C@H](C(=O)N1C[C@@H](C(=O)NC(CC2CCC2)C(=O)C(N)=O)[C@H](c2ccc(Cl)cc2)C1)C(C)(C)C.CC(C)(C)NC(=O)N[C@H](C(=O)N1C[C@@H](C(=O)NC(CC2CCC2)C(O)C(N)=O)[C@H](c2ccc(Cl)cc2)C1)C(C)(C)C.CC(C)(C)NC(=O)N[C@H](C(=O)N1C[C@@H](C(=O)O)[C@H](c2ccc(Cl)cc2)C1)C(C)(C)C.NC(=O)C(O)C(N)CC1CCC1. The number of nitrogens with two attached hydrogens (primary N) is 4. The highest BCUT2D eigenvalue weighted by atomic mass is 35.5. The number of urea groups is 3. The second-order valence-corrected chi connectivity index (χ2v) is 42.0. The van der Waals surface area contributed by atoms with Crippen LogP contribution in [0.3, 0.4) is 0 Å². The number of hydrogen-bond donors (Lipinski definition) is 15. The lowest BCUT2D eigenvalue weighted by Gasteiger charge is -2.34. The number of aliphatic carboxylic acids is 1. The van der Waals surface area contributed by atoms with Crippen molar-refractivity contribution >= 4 is 112 Å². The second kappa shape index (κ2) is 44.0. The van der Waals surface area contributed by atoms with E-state index in [9.17, 15) is 72.5 Å². The fourth-order valence-corrected chi connectivity index (χ4v) is 16.3. The van der Waals surface area contributed by atoms with Gasteiger partial charge in [0.05, 0.1) is 29.8 Å². The lowest BCUT2D eigenvalue weighted by Crippen LogP contribution is -2.58. The highest BCUT2D eigenvalue weighted by Gasteiger charge is 2.50. The molecule has 0 bridgehead atoms. The number of carbonyl (C=O) groups excluding carboxylic acids is 12. The molecule has 19 N–H and O–H groups in total. The molecular formula is C90H138Cl3N15O16. The molecule has 3 saturated heterocycles. The molecule has 14 amide bonds. The van der Waals surface area contributed by atoms with E-state index in [1.165, 1.54) is 19.3 Å². The summed E-state index contributed by atoms with van der Waals surface area (Å²) in [6.45, 7) is 34.5. The number of ketones is 1. The molecule has 3 aromatic carbocycles. The fourth-order valence-electron chi connectivity index (χ4n) is 15.9. The van der Waals surface area contributed by atoms with E-state index in [1.54, 1.807) is 63.2 Å². The first-order valence-corrected chi connectivity index (χ1v) is 44.1. The first kappa shape index (κ1) is 104. The third-order valence-corrected chi connectivity index (χ3v) is 24.2. The number of nitrogens with zero attached hydrogens (tertiary/aromatic N) is 3. The van der Waals surface area contributed by atoms with Crippen LogP contribution in [0.2, 0.25) is 15.1 Å². The number of nitrogens with one attached hydrogen (secondary N) is 8. The summed E-state index contributed by atoms with van der Waals surface area (Å²) < 4.78 is 0. The number of hydrogen-bond acceptors (Lipinski definition) is 16. The molecule has 5 unspecified atom stereocenters. The minimum atomic E-state index is -1.51. The number of benzene rings is 3. The number of aliphatic hydroxyl groups excluding tert-OH is 2. The van der Waals surface area contributed by atoms with Crippen molar-refractivity contribution in [1.29, 1.82) is 0 Å². The van der Waals surface area contributed by atoms with Gasteiger partial charge in [0.1, 0.15) is 24.2 Å². The van der Waals surface area contributed by atoms with Crippen molar-refractivity contribution in [2.24, 2.45) is 74.7 Å². The maximum atomic E-state index is 13.9. The minimum Gasteiger partial charge on any atom is -0.481 e. The molecule has 0 radical (unpaired) electrons. The smallest absolute Gasteiger partial charge is 0.315 e. The van der Waals surface area contributed by atoms with Gasteiger partial charge in [-0.25, -0.2) is 14.4 Å². The van der Waals surface area contributed by atoms with Crippen LogP contribution in [0, 0.1) is 51.8 Å². The normalized spacial score (nSPS) is 21.3. The van der Waals surface area contributed by atoms with Crippen molar-refractivity contribution < 1.29 is 77.6 Å². The van der Waals surface area contributed by atoms with Crippen molar-refractivity contribution in [2.75, 3.05) is 39.3 Å². The molecule has 9 rings (SSSR count). The van der Waals surface area contributed by atoms with E-state index >= 15 is 0 Å². The van der Waals surface area contributed by atoms with Crippen molar-refractivity contribution in [3.05, 3.63) is 105 Å². The minimum absolute atomic E-state index is 0.0774. The van der Waals surface area contributed by atoms with Gasteiger partial charge < -0.3 is 95.5 Å². The van der Waals surface area contributed by atoms with Crippen LogP contribution >= 0.6 is 34.8 Å². The van der Waals surface area contributed by atoms with Gasteiger partial charge in [0.2, 0.25) is 47.1 Å². The van der Waals surface area contributed by atoms with Crippen LogP contribution in [0.1, 0.15) is 236 Å². The monoisotopic (exact) mass is 1790 g/mol. The Labute approximate surface area is 745 Å². The summed E-state index contributed by atoms with van der Waals surface area (Å²) in [5, 5.41) is 53.7. The third-order valence-electron chi connectivity index (χ3n) is 23.4. The topological polar surface area (TPSA) is 493 Å². The summed E-state index contributed by atoms with van der Waals surface area (Å²) in [5.41, 5.74) is 20.4. The van der Waals surface area contributed by atoms with E-state index in [0.29, 0.717) is 46.2 Å². The Morgan fingerprint density at radius 3 is 0.944 bits per heavy atom. The molecule has 3 aliphatic heterocycles. The van der Waals surface area contributed by atoms with Crippen LogP contribution < -0.4 is 65.5 Å². The fraction of sp³-hybridized carbons (Fsp3) is 0.656. The molecule has 0 spiro atoms. The van der Waals surface area contributed by atoms with Gasteiger partial charge in [-0.15, -0.1) is 0 Å². The number of aliphatic hydroxyl groups is 2. The van der Waals surface area contributed by atoms with E-state index in [2.05, 4.69) is 42.5 Å². The highest BCUT2D eigenvalue weighted by Crippen LogP contribution is 2.41. The predicted octanol–water partition coefficient (Wildman–Crippen LogP) is 8.87. The first-order valence-electron chi connectivity index (χ1n) is 43.0. The lowest BCUT2D eigenvalue weighted by atomic mass is 9.79.